The fourth-order valence-corrected chi connectivity index (χ4v) is 4.39. The highest BCUT2D eigenvalue weighted by atomic mass is 16.6. The van der Waals surface area contributed by atoms with Crippen LogP contribution in [-0.4, -0.2) is 107 Å². The van der Waals surface area contributed by atoms with Crippen molar-refractivity contribution in [1.82, 2.24) is 9.80 Å². The normalized spacial score (nSPS) is 15.4. The van der Waals surface area contributed by atoms with Crippen LogP contribution in [0.15, 0.2) is 48.6 Å². The van der Waals surface area contributed by atoms with Gasteiger partial charge in [0.15, 0.2) is 0 Å². The number of nitrogens with zero attached hydrogens (tertiary/aromatic N) is 2. The molecule has 0 aromatic heterocycles. The van der Waals surface area contributed by atoms with E-state index in [1.165, 1.54) is 24.3 Å². The SMILES string of the molecule is O=C(CCCCCN1C(=O)C=CC1=O)OCC(O)COc1cccc(OCC(O)COC(=O)CCCCCN2C(=O)C=CC2=O)c1. The molecule has 3 rings (SSSR count). The van der Waals surface area contributed by atoms with E-state index in [4.69, 9.17) is 18.9 Å². The summed E-state index contributed by atoms with van der Waals surface area (Å²) in [5.74, 6) is -1.52. The van der Waals surface area contributed by atoms with Crippen LogP contribution in [0.4, 0.5) is 0 Å². The van der Waals surface area contributed by atoms with Crippen LogP contribution in [0.2, 0.25) is 0 Å². The fourth-order valence-electron chi connectivity index (χ4n) is 4.39. The monoisotopic (exact) mass is 644 g/mol. The standard InChI is InChI=1S/C32H40N2O12/c35-23(21-45-31(41)10-3-1-5-16-33-27(37)12-13-28(33)38)19-43-25-8-7-9-26(18-25)44-20-24(36)22-46-32(42)11-4-2-6-17-34-29(39)14-15-30(34)40/h7-9,12-15,18,23-24,35-36H,1-6,10-11,16-17,19-22H2. The Morgan fingerprint density at radius 2 is 0.978 bits per heavy atom. The molecule has 4 amide bonds. The fraction of sp³-hybridized carbons (Fsp3) is 0.500. The highest BCUT2D eigenvalue weighted by Crippen LogP contribution is 2.20. The van der Waals surface area contributed by atoms with Gasteiger partial charge in [-0.3, -0.25) is 38.6 Å². The number of benzene rings is 1. The maximum atomic E-state index is 11.9. The molecule has 1 aromatic rings. The van der Waals surface area contributed by atoms with Gasteiger partial charge in [-0.1, -0.05) is 18.9 Å². The number of hydrogen-bond donors (Lipinski definition) is 2. The highest BCUT2D eigenvalue weighted by Gasteiger charge is 2.23. The van der Waals surface area contributed by atoms with Crippen molar-refractivity contribution >= 4 is 35.6 Å². The third-order valence-electron chi connectivity index (χ3n) is 6.89. The van der Waals surface area contributed by atoms with Crippen molar-refractivity contribution in [2.45, 2.75) is 63.6 Å². The Hall–Kier alpha value is -4.56. The van der Waals surface area contributed by atoms with Gasteiger partial charge in [-0.05, 0) is 37.8 Å². The number of aliphatic hydroxyl groups is 2. The first kappa shape index (κ1) is 35.9. The summed E-state index contributed by atoms with van der Waals surface area (Å²) in [5, 5.41) is 20.2. The number of amides is 4. The molecule has 14 heteroatoms. The molecule has 0 saturated carbocycles. The summed E-state index contributed by atoms with van der Waals surface area (Å²) >= 11 is 0. The molecule has 2 N–H and O–H groups in total. The average Bonchev–Trinajstić information content (AvgIpc) is 3.54. The molecule has 0 bridgehead atoms. The molecule has 2 aliphatic heterocycles. The number of ether oxygens (including phenoxy) is 4. The van der Waals surface area contributed by atoms with E-state index in [-0.39, 0.29) is 62.9 Å². The van der Waals surface area contributed by atoms with E-state index < -0.39 is 24.1 Å². The van der Waals surface area contributed by atoms with E-state index in [1.54, 1.807) is 24.3 Å². The highest BCUT2D eigenvalue weighted by molar-refractivity contribution is 6.13. The number of aliphatic hydroxyl groups excluding tert-OH is 2. The third kappa shape index (κ3) is 12.8. The second-order valence-electron chi connectivity index (χ2n) is 10.7. The molecule has 0 radical (unpaired) electrons. The second-order valence-corrected chi connectivity index (χ2v) is 10.7. The first-order valence-corrected chi connectivity index (χ1v) is 15.2. The maximum absolute atomic E-state index is 11.9. The van der Waals surface area contributed by atoms with Crippen LogP contribution in [0.1, 0.15) is 51.4 Å². The predicted molar refractivity (Wildman–Crippen MR) is 160 cm³/mol. The van der Waals surface area contributed by atoms with Gasteiger partial charge >= 0.3 is 11.9 Å². The van der Waals surface area contributed by atoms with Crippen molar-refractivity contribution in [3.05, 3.63) is 48.6 Å². The van der Waals surface area contributed by atoms with E-state index in [1.807, 2.05) is 0 Å². The van der Waals surface area contributed by atoms with Crippen LogP contribution in [0.5, 0.6) is 11.5 Å². The van der Waals surface area contributed by atoms with Crippen LogP contribution < -0.4 is 9.47 Å². The number of unbranched alkanes of at least 4 members (excludes halogenated alkanes) is 4. The minimum absolute atomic E-state index is 0.142. The van der Waals surface area contributed by atoms with Gasteiger partial charge in [0.2, 0.25) is 0 Å². The van der Waals surface area contributed by atoms with E-state index in [0.29, 0.717) is 63.1 Å². The summed E-state index contributed by atoms with van der Waals surface area (Å²) in [5.41, 5.74) is 0. The van der Waals surface area contributed by atoms with E-state index in [2.05, 4.69) is 0 Å². The van der Waals surface area contributed by atoms with Crippen LogP contribution >= 0.6 is 0 Å². The maximum Gasteiger partial charge on any atom is 0.305 e. The van der Waals surface area contributed by atoms with Crippen molar-refractivity contribution in [3.63, 3.8) is 0 Å². The molecule has 0 aliphatic carbocycles. The van der Waals surface area contributed by atoms with Crippen molar-refractivity contribution < 1.29 is 57.9 Å². The average molecular weight is 645 g/mol. The lowest BCUT2D eigenvalue weighted by Gasteiger charge is -2.15. The summed E-state index contributed by atoms with van der Waals surface area (Å²) in [4.78, 5) is 72.2. The Kier molecular flexibility index (Phi) is 14.9. The van der Waals surface area contributed by atoms with E-state index in [0.717, 1.165) is 9.80 Å². The summed E-state index contributed by atoms with van der Waals surface area (Å²) in [6, 6.07) is 6.49. The van der Waals surface area contributed by atoms with Crippen LogP contribution in [0.25, 0.3) is 0 Å². The minimum Gasteiger partial charge on any atom is -0.491 e. The Morgan fingerprint density at radius 1 is 0.587 bits per heavy atom. The summed E-state index contributed by atoms with van der Waals surface area (Å²) < 4.78 is 21.2. The van der Waals surface area contributed by atoms with Gasteiger partial charge in [0, 0.05) is 56.3 Å². The molecule has 0 spiro atoms. The quantitative estimate of drug-likeness (QED) is 0.105. The number of esters is 2. The first-order chi connectivity index (χ1) is 22.1. The van der Waals surface area contributed by atoms with Crippen molar-refractivity contribution in [1.29, 1.82) is 0 Å². The number of imide groups is 2. The van der Waals surface area contributed by atoms with Crippen molar-refractivity contribution in [2.24, 2.45) is 0 Å². The predicted octanol–water partition coefficient (Wildman–Crippen LogP) is 1.22. The van der Waals surface area contributed by atoms with Crippen LogP contribution in [0.3, 0.4) is 0 Å². The molecule has 46 heavy (non-hydrogen) atoms. The molecule has 1 aromatic carbocycles. The Bertz CT molecular complexity index is 1160. The lowest BCUT2D eigenvalue weighted by molar-refractivity contribution is -0.148. The topological polar surface area (TPSA) is 186 Å². The minimum atomic E-state index is -1.07. The molecule has 2 atom stereocenters. The molecule has 2 unspecified atom stereocenters. The molecular formula is C32H40N2O12. The van der Waals surface area contributed by atoms with E-state index >= 15 is 0 Å². The summed E-state index contributed by atoms with van der Waals surface area (Å²) in [7, 11) is 0. The lowest BCUT2D eigenvalue weighted by atomic mass is 10.2. The molecule has 0 fully saturated rings. The number of rotatable bonds is 22. The third-order valence-corrected chi connectivity index (χ3v) is 6.89. The van der Waals surface area contributed by atoms with E-state index in [9.17, 15) is 39.0 Å². The number of carbonyl (C=O) groups is 6. The zero-order valence-electron chi connectivity index (χ0n) is 25.5. The number of carbonyl (C=O) groups excluding carboxylic acids is 6. The molecule has 2 heterocycles. The largest absolute Gasteiger partial charge is 0.491 e. The number of hydrogen-bond acceptors (Lipinski definition) is 12. The van der Waals surface area contributed by atoms with Gasteiger partial charge in [0.1, 0.15) is 50.1 Å². The van der Waals surface area contributed by atoms with Crippen LogP contribution in [-0.2, 0) is 38.2 Å². The molecule has 250 valence electrons. The molecule has 14 nitrogen and oxygen atoms in total. The summed E-state index contributed by atoms with van der Waals surface area (Å²) in [6.45, 7) is -0.188. The van der Waals surface area contributed by atoms with Crippen molar-refractivity contribution in [2.75, 3.05) is 39.5 Å². The Balaban J connectivity index is 1.20. The Labute approximate surface area is 266 Å². The lowest BCUT2D eigenvalue weighted by Crippen LogP contribution is -2.30. The zero-order valence-corrected chi connectivity index (χ0v) is 25.5. The van der Waals surface area contributed by atoms with Gasteiger partial charge in [0.05, 0.1) is 0 Å². The van der Waals surface area contributed by atoms with Gasteiger partial charge < -0.3 is 29.2 Å². The van der Waals surface area contributed by atoms with Crippen LogP contribution in [0, 0.1) is 0 Å². The van der Waals surface area contributed by atoms with Gasteiger partial charge in [0.25, 0.3) is 23.6 Å². The van der Waals surface area contributed by atoms with Gasteiger partial charge in [-0.15, -0.1) is 0 Å². The molecular weight excluding hydrogens is 604 g/mol. The van der Waals surface area contributed by atoms with Gasteiger partial charge in [-0.2, -0.15) is 0 Å². The Morgan fingerprint density at radius 3 is 1.37 bits per heavy atom. The zero-order chi connectivity index (χ0) is 33.3. The molecule has 2 aliphatic rings. The first-order valence-electron chi connectivity index (χ1n) is 15.2. The summed E-state index contributed by atoms with van der Waals surface area (Å²) in [6.07, 6.45) is 6.53. The molecule has 0 saturated heterocycles. The van der Waals surface area contributed by atoms with Gasteiger partial charge in [-0.25, -0.2) is 0 Å². The smallest absolute Gasteiger partial charge is 0.305 e. The second kappa shape index (κ2) is 19.1. The van der Waals surface area contributed by atoms with Crippen molar-refractivity contribution in [3.8, 4) is 11.5 Å².